The second kappa shape index (κ2) is 5.83. The van der Waals surface area contributed by atoms with Gasteiger partial charge in [0.05, 0.1) is 18.2 Å². The average Bonchev–Trinajstić information content (AvgIpc) is 2.22. The zero-order chi connectivity index (χ0) is 11.3. The van der Waals surface area contributed by atoms with Gasteiger partial charge in [0.2, 0.25) is 0 Å². The predicted octanol–water partition coefficient (Wildman–Crippen LogP) is 2.60. The second-order valence-corrected chi connectivity index (χ2v) is 3.37. The maximum absolute atomic E-state index is 6.03. The highest BCUT2D eigenvalue weighted by molar-refractivity contribution is 6.32. The van der Waals surface area contributed by atoms with Crippen molar-refractivity contribution in [2.24, 2.45) is 5.73 Å². The normalized spacial score (nSPS) is 10.1. The molecular formula is C11H16ClNO2. The lowest BCUT2D eigenvalue weighted by Gasteiger charge is -2.12. The molecule has 0 radical (unpaired) electrons. The molecule has 0 unspecified atom stereocenters. The van der Waals surface area contributed by atoms with Crippen molar-refractivity contribution in [3.63, 3.8) is 0 Å². The van der Waals surface area contributed by atoms with Gasteiger partial charge in [-0.2, -0.15) is 0 Å². The lowest BCUT2D eigenvalue weighted by molar-refractivity contribution is 0.327. The summed E-state index contributed by atoms with van der Waals surface area (Å²) in [5.41, 5.74) is 6.52. The molecule has 0 spiro atoms. The highest BCUT2D eigenvalue weighted by Crippen LogP contribution is 2.32. The first-order chi connectivity index (χ1) is 7.22. The number of nitrogens with two attached hydrogens (primary N) is 1. The molecule has 0 aliphatic heterocycles. The summed E-state index contributed by atoms with van der Waals surface area (Å²) in [7, 11) is 0. The van der Waals surface area contributed by atoms with E-state index in [-0.39, 0.29) is 0 Å². The van der Waals surface area contributed by atoms with E-state index in [9.17, 15) is 0 Å². The molecule has 0 atom stereocenters. The topological polar surface area (TPSA) is 44.5 Å². The molecule has 0 saturated heterocycles. The van der Waals surface area contributed by atoms with Crippen LogP contribution in [-0.2, 0) is 6.54 Å². The van der Waals surface area contributed by atoms with Crippen molar-refractivity contribution >= 4 is 11.6 Å². The van der Waals surface area contributed by atoms with E-state index in [0.29, 0.717) is 30.5 Å². The van der Waals surface area contributed by atoms with Crippen LogP contribution >= 0.6 is 11.6 Å². The Balaban J connectivity index is 3.04. The summed E-state index contributed by atoms with van der Waals surface area (Å²) in [6, 6.07) is 3.58. The van der Waals surface area contributed by atoms with Crippen molar-refractivity contribution in [1.82, 2.24) is 0 Å². The maximum Gasteiger partial charge on any atom is 0.138 e. The Hall–Kier alpha value is -0.930. The molecule has 0 saturated carbocycles. The predicted molar refractivity (Wildman–Crippen MR) is 61.7 cm³/mol. The highest BCUT2D eigenvalue weighted by Gasteiger charge is 2.09. The molecule has 15 heavy (non-hydrogen) atoms. The van der Waals surface area contributed by atoms with Crippen molar-refractivity contribution in [2.45, 2.75) is 20.4 Å². The van der Waals surface area contributed by atoms with Gasteiger partial charge < -0.3 is 15.2 Å². The Morgan fingerprint density at radius 2 is 1.73 bits per heavy atom. The SMILES string of the molecule is CCOc1cc(CN)c(OCC)cc1Cl. The molecule has 0 aromatic heterocycles. The van der Waals surface area contributed by atoms with E-state index >= 15 is 0 Å². The number of hydrogen-bond acceptors (Lipinski definition) is 3. The van der Waals surface area contributed by atoms with Crippen LogP contribution in [0.2, 0.25) is 5.02 Å². The number of hydrogen-bond donors (Lipinski definition) is 1. The van der Waals surface area contributed by atoms with Crippen LogP contribution in [0, 0.1) is 0 Å². The minimum absolute atomic E-state index is 0.409. The van der Waals surface area contributed by atoms with E-state index in [1.54, 1.807) is 6.07 Å². The summed E-state index contributed by atoms with van der Waals surface area (Å²) >= 11 is 6.03. The molecule has 1 aromatic carbocycles. The van der Waals surface area contributed by atoms with E-state index in [1.807, 2.05) is 19.9 Å². The molecular weight excluding hydrogens is 214 g/mol. The number of ether oxygens (including phenoxy) is 2. The van der Waals surface area contributed by atoms with Crippen LogP contribution in [0.5, 0.6) is 11.5 Å². The lowest BCUT2D eigenvalue weighted by atomic mass is 10.2. The van der Waals surface area contributed by atoms with Gasteiger partial charge in [0.25, 0.3) is 0 Å². The molecule has 2 N–H and O–H groups in total. The van der Waals surface area contributed by atoms with Gasteiger partial charge in [-0.1, -0.05) is 11.6 Å². The zero-order valence-electron chi connectivity index (χ0n) is 9.05. The minimum atomic E-state index is 0.409. The molecule has 0 amide bonds. The fourth-order valence-electron chi connectivity index (χ4n) is 1.29. The van der Waals surface area contributed by atoms with Crippen molar-refractivity contribution in [1.29, 1.82) is 0 Å². The maximum atomic E-state index is 6.03. The summed E-state index contributed by atoms with van der Waals surface area (Å²) in [5.74, 6) is 1.39. The van der Waals surface area contributed by atoms with Gasteiger partial charge in [0.15, 0.2) is 0 Å². The molecule has 0 bridgehead atoms. The third kappa shape index (κ3) is 3.01. The first-order valence-corrected chi connectivity index (χ1v) is 5.38. The van der Waals surface area contributed by atoms with E-state index in [0.717, 1.165) is 11.3 Å². The smallest absolute Gasteiger partial charge is 0.138 e. The van der Waals surface area contributed by atoms with Crippen LogP contribution in [0.15, 0.2) is 12.1 Å². The number of benzene rings is 1. The van der Waals surface area contributed by atoms with Gasteiger partial charge in [-0.25, -0.2) is 0 Å². The Morgan fingerprint density at radius 1 is 1.13 bits per heavy atom. The van der Waals surface area contributed by atoms with Crippen molar-refractivity contribution < 1.29 is 9.47 Å². The van der Waals surface area contributed by atoms with E-state index in [4.69, 9.17) is 26.8 Å². The molecule has 1 rings (SSSR count). The van der Waals surface area contributed by atoms with Crippen LogP contribution in [0.1, 0.15) is 19.4 Å². The third-order valence-electron chi connectivity index (χ3n) is 1.93. The number of halogens is 1. The van der Waals surface area contributed by atoms with E-state index in [2.05, 4.69) is 0 Å². The summed E-state index contributed by atoms with van der Waals surface area (Å²) < 4.78 is 10.8. The van der Waals surface area contributed by atoms with Crippen molar-refractivity contribution in [3.05, 3.63) is 22.7 Å². The molecule has 84 valence electrons. The van der Waals surface area contributed by atoms with Crippen molar-refractivity contribution in [2.75, 3.05) is 13.2 Å². The van der Waals surface area contributed by atoms with Crippen LogP contribution in [-0.4, -0.2) is 13.2 Å². The third-order valence-corrected chi connectivity index (χ3v) is 2.23. The molecule has 3 nitrogen and oxygen atoms in total. The Morgan fingerprint density at radius 3 is 2.27 bits per heavy atom. The summed E-state index contributed by atoms with van der Waals surface area (Å²) in [4.78, 5) is 0. The molecule has 0 fully saturated rings. The zero-order valence-corrected chi connectivity index (χ0v) is 9.80. The van der Waals surface area contributed by atoms with E-state index < -0.39 is 0 Å². The van der Waals surface area contributed by atoms with Gasteiger partial charge >= 0.3 is 0 Å². The molecule has 0 aliphatic rings. The molecule has 0 heterocycles. The van der Waals surface area contributed by atoms with Gasteiger partial charge in [0, 0.05) is 18.2 Å². The lowest BCUT2D eigenvalue weighted by Crippen LogP contribution is -2.03. The molecule has 1 aromatic rings. The molecule has 0 aliphatic carbocycles. The number of rotatable bonds is 5. The summed E-state index contributed by atoms with van der Waals surface area (Å²) in [5, 5.41) is 0.553. The van der Waals surface area contributed by atoms with Crippen molar-refractivity contribution in [3.8, 4) is 11.5 Å². The second-order valence-electron chi connectivity index (χ2n) is 2.96. The van der Waals surface area contributed by atoms with Gasteiger partial charge in [-0.15, -0.1) is 0 Å². The summed E-state index contributed by atoms with van der Waals surface area (Å²) in [6.07, 6.45) is 0. The quantitative estimate of drug-likeness (QED) is 0.844. The standard InChI is InChI=1S/C11H16ClNO2/c1-3-14-10-6-9(12)11(15-4-2)5-8(10)7-13/h5-6H,3-4,7,13H2,1-2H3. The molecule has 4 heteroatoms. The van der Waals surface area contributed by atoms with Gasteiger partial charge in [-0.05, 0) is 19.9 Å². The monoisotopic (exact) mass is 229 g/mol. The van der Waals surface area contributed by atoms with E-state index in [1.165, 1.54) is 0 Å². The van der Waals surface area contributed by atoms with Crippen LogP contribution in [0.4, 0.5) is 0 Å². The largest absolute Gasteiger partial charge is 0.493 e. The first-order valence-electron chi connectivity index (χ1n) is 5.01. The van der Waals surface area contributed by atoms with Crippen LogP contribution in [0.3, 0.4) is 0 Å². The fourth-order valence-corrected chi connectivity index (χ4v) is 1.50. The first kappa shape index (κ1) is 12.1. The van der Waals surface area contributed by atoms with Gasteiger partial charge in [-0.3, -0.25) is 0 Å². The Kier molecular flexibility index (Phi) is 4.72. The van der Waals surface area contributed by atoms with Crippen LogP contribution < -0.4 is 15.2 Å². The average molecular weight is 230 g/mol. The van der Waals surface area contributed by atoms with Crippen LogP contribution in [0.25, 0.3) is 0 Å². The Bertz CT molecular complexity index is 329. The van der Waals surface area contributed by atoms with Gasteiger partial charge in [0.1, 0.15) is 11.5 Å². The highest BCUT2D eigenvalue weighted by atomic mass is 35.5. The fraction of sp³-hybridized carbons (Fsp3) is 0.455. The minimum Gasteiger partial charge on any atom is -0.493 e. The Labute approximate surface area is 95.1 Å². The summed E-state index contributed by atoms with van der Waals surface area (Å²) in [6.45, 7) is 5.42.